The molecule has 1 aromatic rings. The van der Waals surface area contributed by atoms with Crippen LogP contribution in [0.1, 0.15) is 12.0 Å². The predicted octanol–water partition coefficient (Wildman–Crippen LogP) is 2.39. The van der Waals surface area contributed by atoms with E-state index in [0.717, 1.165) is 31.8 Å². The number of ether oxygens (including phenoxy) is 1. The van der Waals surface area contributed by atoms with Gasteiger partial charge in [-0.15, -0.1) is 0 Å². The molecule has 0 unspecified atom stereocenters. The molecule has 3 nitrogen and oxygen atoms in total. The Kier molecular flexibility index (Phi) is 6.34. The Morgan fingerprint density at radius 3 is 2.71 bits per heavy atom. The van der Waals surface area contributed by atoms with Crippen molar-refractivity contribution in [1.29, 1.82) is 0 Å². The molecule has 0 aliphatic rings. The first-order valence-corrected chi connectivity index (χ1v) is 6.19. The van der Waals surface area contributed by atoms with Crippen molar-refractivity contribution in [3.63, 3.8) is 0 Å². The van der Waals surface area contributed by atoms with Crippen LogP contribution in [0.15, 0.2) is 18.2 Å². The third kappa shape index (κ3) is 5.39. The van der Waals surface area contributed by atoms with Crippen molar-refractivity contribution in [1.82, 2.24) is 10.2 Å². The van der Waals surface area contributed by atoms with Gasteiger partial charge in [-0.1, -0.05) is 17.7 Å². The lowest BCUT2D eigenvalue weighted by Gasteiger charge is -2.10. The number of hydrogen-bond donors (Lipinski definition) is 1. The highest BCUT2D eigenvalue weighted by atomic mass is 35.5. The molecule has 0 saturated carbocycles. The normalized spacial score (nSPS) is 10.9. The highest BCUT2D eigenvalue weighted by molar-refractivity contribution is 6.32. The average molecular weight is 257 g/mol. The highest BCUT2D eigenvalue weighted by Gasteiger charge is 2.01. The molecule has 1 rings (SSSR count). The van der Waals surface area contributed by atoms with Crippen molar-refractivity contribution >= 4 is 11.6 Å². The lowest BCUT2D eigenvalue weighted by Crippen LogP contribution is -2.20. The van der Waals surface area contributed by atoms with E-state index in [0.29, 0.717) is 5.02 Å². The van der Waals surface area contributed by atoms with E-state index < -0.39 is 0 Å². The van der Waals surface area contributed by atoms with Crippen molar-refractivity contribution < 1.29 is 4.74 Å². The van der Waals surface area contributed by atoms with E-state index in [2.05, 4.69) is 24.3 Å². The Morgan fingerprint density at radius 1 is 1.35 bits per heavy atom. The van der Waals surface area contributed by atoms with Gasteiger partial charge in [0, 0.05) is 6.54 Å². The zero-order chi connectivity index (χ0) is 12.7. The largest absolute Gasteiger partial charge is 0.495 e. The summed E-state index contributed by atoms with van der Waals surface area (Å²) in [5.74, 6) is 0.725. The van der Waals surface area contributed by atoms with Crippen molar-refractivity contribution in [2.24, 2.45) is 0 Å². The molecule has 1 N–H and O–H groups in total. The first kappa shape index (κ1) is 14.3. The molecule has 0 radical (unpaired) electrons. The van der Waals surface area contributed by atoms with Gasteiger partial charge in [-0.3, -0.25) is 0 Å². The number of rotatable bonds is 7. The fraction of sp³-hybridized carbons (Fsp3) is 0.538. The highest BCUT2D eigenvalue weighted by Crippen LogP contribution is 2.24. The number of methoxy groups -OCH3 is 1. The van der Waals surface area contributed by atoms with E-state index >= 15 is 0 Å². The van der Waals surface area contributed by atoms with Gasteiger partial charge in [0.2, 0.25) is 0 Å². The zero-order valence-electron chi connectivity index (χ0n) is 10.8. The summed E-state index contributed by atoms with van der Waals surface area (Å²) in [7, 11) is 5.80. The summed E-state index contributed by atoms with van der Waals surface area (Å²) in [5, 5.41) is 4.06. The lowest BCUT2D eigenvalue weighted by atomic mass is 10.2. The minimum atomic E-state index is 0.667. The van der Waals surface area contributed by atoms with Crippen LogP contribution in [-0.2, 0) is 6.54 Å². The summed E-state index contributed by atoms with van der Waals surface area (Å²) in [5.41, 5.74) is 1.18. The molecule has 0 heterocycles. The molecule has 0 aromatic heterocycles. The topological polar surface area (TPSA) is 24.5 Å². The molecule has 4 heteroatoms. The smallest absolute Gasteiger partial charge is 0.137 e. The van der Waals surface area contributed by atoms with Gasteiger partial charge in [0.25, 0.3) is 0 Å². The van der Waals surface area contributed by atoms with Crippen molar-refractivity contribution in [3.8, 4) is 5.75 Å². The Labute approximate surface area is 109 Å². The Morgan fingerprint density at radius 2 is 2.12 bits per heavy atom. The summed E-state index contributed by atoms with van der Waals surface area (Å²) < 4.78 is 5.11. The zero-order valence-corrected chi connectivity index (χ0v) is 11.5. The maximum absolute atomic E-state index is 6.05. The van der Waals surface area contributed by atoms with Gasteiger partial charge in [-0.2, -0.15) is 0 Å². The van der Waals surface area contributed by atoms with Gasteiger partial charge in [-0.25, -0.2) is 0 Å². The molecule has 96 valence electrons. The van der Waals surface area contributed by atoms with Crippen LogP contribution >= 0.6 is 11.6 Å². The summed E-state index contributed by atoms with van der Waals surface area (Å²) in [6, 6.07) is 5.88. The maximum atomic E-state index is 6.05. The first-order chi connectivity index (χ1) is 8.13. The van der Waals surface area contributed by atoms with E-state index in [-0.39, 0.29) is 0 Å². The lowest BCUT2D eigenvalue weighted by molar-refractivity contribution is 0.394. The van der Waals surface area contributed by atoms with Gasteiger partial charge < -0.3 is 15.0 Å². The van der Waals surface area contributed by atoms with Gasteiger partial charge in [0.05, 0.1) is 12.1 Å². The third-order valence-electron chi connectivity index (χ3n) is 2.50. The average Bonchev–Trinajstić information content (AvgIpc) is 2.28. The Balaban J connectivity index is 2.30. The number of nitrogens with one attached hydrogen (secondary N) is 1. The molecule has 0 aliphatic carbocycles. The van der Waals surface area contributed by atoms with Crippen molar-refractivity contribution in [2.45, 2.75) is 13.0 Å². The van der Waals surface area contributed by atoms with E-state index in [9.17, 15) is 0 Å². The standard InChI is InChI=1S/C13H21ClN2O/c1-16(2)8-4-7-15-10-11-5-6-13(17-3)12(14)9-11/h5-6,9,15H,4,7-8,10H2,1-3H3. The monoisotopic (exact) mass is 256 g/mol. The van der Waals surface area contributed by atoms with Gasteiger partial charge in [-0.05, 0) is 51.3 Å². The van der Waals surface area contributed by atoms with Crippen LogP contribution in [0.5, 0.6) is 5.75 Å². The van der Waals surface area contributed by atoms with E-state index in [4.69, 9.17) is 16.3 Å². The molecule has 0 bridgehead atoms. The minimum absolute atomic E-state index is 0.667. The van der Waals surface area contributed by atoms with Crippen LogP contribution in [0.4, 0.5) is 0 Å². The second kappa shape index (κ2) is 7.54. The van der Waals surface area contributed by atoms with Crippen LogP contribution in [0, 0.1) is 0 Å². The fourth-order valence-electron chi connectivity index (χ4n) is 1.57. The molecule has 0 spiro atoms. The fourth-order valence-corrected chi connectivity index (χ4v) is 1.85. The van der Waals surface area contributed by atoms with Crippen LogP contribution in [0.25, 0.3) is 0 Å². The SMILES string of the molecule is COc1ccc(CNCCCN(C)C)cc1Cl. The maximum Gasteiger partial charge on any atom is 0.137 e. The first-order valence-electron chi connectivity index (χ1n) is 5.81. The predicted molar refractivity (Wildman–Crippen MR) is 72.9 cm³/mol. The van der Waals surface area contributed by atoms with Gasteiger partial charge in [0.1, 0.15) is 5.75 Å². The molecule has 1 aromatic carbocycles. The van der Waals surface area contributed by atoms with Gasteiger partial charge >= 0.3 is 0 Å². The van der Waals surface area contributed by atoms with E-state index in [1.165, 1.54) is 5.56 Å². The molecule has 0 amide bonds. The van der Waals surface area contributed by atoms with Gasteiger partial charge in [0.15, 0.2) is 0 Å². The van der Waals surface area contributed by atoms with Crippen molar-refractivity contribution in [2.75, 3.05) is 34.3 Å². The summed E-state index contributed by atoms with van der Waals surface area (Å²) in [4.78, 5) is 2.19. The van der Waals surface area contributed by atoms with Crippen LogP contribution < -0.4 is 10.1 Å². The summed E-state index contributed by atoms with van der Waals surface area (Å²) >= 11 is 6.05. The van der Waals surface area contributed by atoms with Crippen LogP contribution in [0.3, 0.4) is 0 Å². The molecule has 0 fully saturated rings. The minimum Gasteiger partial charge on any atom is -0.495 e. The molecule has 0 atom stereocenters. The molecular weight excluding hydrogens is 236 g/mol. The van der Waals surface area contributed by atoms with Crippen LogP contribution in [-0.4, -0.2) is 39.2 Å². The molecule has 17 heavy (non-hydrogen) atoms. The molecular formula is C13H21ClN2O. The van der Waals surface area contributed by atoms with Crippen LogP contribution in [0.2, 0.25) is 5.02 Å². The molecule has 0 aliphatic heterocycles. The number of halogens is 1. The Bertz CT molecular complexity index is 342. The summed E-state index contributed by atoms with van der Waals surface area (Å²) in [6.07, 6.45) is 1.15. The molecule has 0 saturated heterocycles. The second-order valence-corrected chi connectivity index (χ2v) is 4.71. The Hall–Kier alpha value is -0.770. The third-order valence-corrected chi connectivity index (χ3v) is 2.80. The number of hydrogen-bond acceptors (Lipinski definition) is 3. The quantitative estimate of drug-likeness (QED) is 0.759. The van der Waals surface area contributed by atoms with E-state index in [1.807, 2.05) is 18.2 Å². The second-order valence-electron chi connectivity index (χ2n) is 4.30. The van der Waals surface area contributed by atoms with Crippen molar-refractivity contribution in [3.05, 3.63) is 28.8 Å². The summed E-state index contributed by atoms with van der Waals surface area (Å²) in [6.45, 7) is 2.97. The van der Waals surface area contributed by atoms with E-state index in [1.54, 1.807) is 7.11 Å². The number of benzene rings is 1. The number of nitrogens with zero attached hydrogens (tertiary/aromatic N) is 1.